The lowest BCUT2D eigenvalue weighted by atomic mass is 9.97. The number of phenolic OH excluding ortho intramolecular Hbond substituents is 1. The molecule has 0 saturated carbocycles. The van der Waals surface area contributed by atoms with Crippen molar-refractivity contribution in [2.75, 3.05) is 56.9 Å². The summed E-state index contributed by atoms with van der Waals surface area (Å²) in [5.74, 6) is 0.0484. The van der Waals surface area contributed by atoms with Gasteiger partial charge in [0.15, 0.2) is 0 Å². The quantitative estimate of drug-likeness (QED) is 0.381. The van der Waals surface area contributed by atoms with Gasteiger partial charge < -0.3 is 26.2 Å². The lowest BCUT2D eigenvalue weighted by Crippen LogP contribution is -2.47. The van der Waals surface area contributed by atoms with E-state index in [1.165, 1.54) is 0 Å². The molecule has 1 amide bonds. The number of carbonyl (C=O) groups excluding carboxylic acids is 1. The second kappa shape index (κ2) is 11.6. The van der Waals surface area contributed by atoms with E-state index in [2.05, 4.69) is 26.2 Å². The molecule has 2 heterocycles. The van der Waals surface area contributed by atoms with Crippen LogP contribution in [0.5, 0.6) is 5.75 Å². The minimum Gasteiger partial charge on any atom is -0.507 e. The summed E-state index contributed by atoms with van der Waals surface area (Å²) in [5, 5.41) is 32.0. The molecule has 0 radical (unpaired) electrons. The van der Waals surface area contributed by atoms with Gasteiger partial charge in [0.25, 0.3) is 0 Å². The maximum Gasteiger partial charge on any atom is 0.225 e. The van der Waals surface area contributed by atoms with E-state index in [0.29, 0.717) is 47.6 Å². The van der Waals surface area contributed by atoms with Crippen molar-refractivity contribution in [1.29, 1.82) is 5.26 Å². The van der Waals surface area contributed by atoms with Crippen LogP contribution in [0, 0.1) is 11.3 Å². The molecule has 0 aliphatic carbocycles. The van der Waals surface area contributed by atoms with Crippen molar-refractivity contribution in [2.24, 2.45) is 0 Å². The number of amides is 1. The summed E-state index contributed by atoms with van der Waals surface area (Å²) in [5.41, 5.74) is 9.20. The Morgan fingerprint density at radius 3 is 2.44 bits per heavy atom. The fourth-order valence-corrected chi connectivity index (χ4v) is 4.36. The summed E-state index contributed by atoms with van der Waals surface area (Å²) < 4.78 is 0. The van der Waals surface area contributed by atoms with E-state index >= 15 is 0 Å². The Labute approximate surface area is 210 Å². The first-order chi connectivity index (χ1) is 17.5. The van der Waals surface area contributed by atoms with Crippen molar-refractivity contribution >= 4 is 17.4 Å². The van der Waals surface area contributed by atoms with Crippen molar-refractivity contribution < 1.29 is 15.0 Å². The number of pyridine rings is 1. The van der Waals surface area contributed by atoms with Crippen LogP contribution < -0.4 is 11.1 Å². The molecule has 36 heavy (non-hydrogen) atoms. The molecule has 2 aromatic carbocycles. The number of nitrogens with zero attached hydrogens (tertiary/aromatic N) is 4. The Kier molecular flexibility index (Phi) is 8.13. The number of hydrogen-bond acceptors (Lipinski definition) is 8. The van der Waals surface area contributed by atoms with Crippen LogP contribution in [-0.2, 0) is 4.79 Å². The Hall–Kier alpha value is -3.97. The highest BCUT2D eigenvalue weighted by Crippen LogP contribution is 2.35. The number of aliphatic hydroxyl groups excluding tert-OH is 1. The van der Waals surface area contributed by atoms with Crippen molar-refractivity contribution in [3.63, 3.8) is 0 Å². The van der Waals surface area contributed by atoms with Crippen LogP contribution in [0.3, 0.4) is 0 Å². The lowest BCUT2D eigenvalue weighted by molar-refractivity contribution is -0.116. The zero-order chi connectivity index (χ0) is 25.5. The molecule has 1 aromatic heterocycles. The molecular formula is C27H30N6O3. The number of nitrogens with two attached hydrogens (primary N) is 1. The molecule has 1 aliphatic heterocycles. The standard InChI is InChI=1S/C27H30N6O3/c28-18-23-22(17-24(31-27(23)29)21-6-1-2-7-25(21)35)19-4-3-5-20(16-19)30-26(36)8-9-32-10-12-33(13-11-32)14-15-34/h1-7,16-17,34-35H,8-15H2,(H2,29,31)(H,30,36). The number of carbonyl (C=O) groups is 1. The zero-order valence-electron chi connectivity index (χ0n) is 20.0. The third-order valence-corrected chi connectivity index (χ3v) is 6.33. The molecule has 1 fully saturated rings. The Morgan fingerprint density at radius 2 is 1.75 bits per heavy atom. The number of hydrogen-bond donors (Lipinski definition) is 4. The first-order valence-corrected chi connectivity index (χ1v) is 11.9. The Balaban J connectivity index is 1.47. The summed E-state index contributed by atoms with van der Waals surface area (Å²) in [4.78, 5) is 21.4. The number of nitriles is 1. The number of aromatic nitrogens is 1. The average Bonchev–Trinajstić information content (AvgIpc) is 2.88. The van der Waals surface area contributed by atoms with Gasteiger partial charge in [-0.3, -0.25) is 9.69 Å². The van der Waals surface area contributed by atoms with Gasteiger partial charge in [0.05, 0.1) is 12.3 Å². The molecule has 9 heteroatoms. The van der Waals surface area contributed by atoms with Gasteiger partial charge in [0.2, 0.25) is 5.91 Å². The highest BCUT2D eigenvalue weighted by Gasteiger charge is 2.18. The lowest BCUT2D eigenvalue weighted by Gasteiger charge is -2.34. The highest BCUT2D eigenvalue weighted by atomic mass is 16.3. The second-order valence-electron chi connectivity index (χ2n) is 8.73. The van der Waals surface area contributed by atoms with Crippen LogP contribution in [0.25, 0.3) is 22.4 Å². The maximum absolute atomic E-state index is 12.6. The number of aliphatic hydroxyl groups is 1. The van der Waals surface area contributed by atoms with Crippen LogP contribution in [-0.4, -0.2) is 76.8 Å². The van der Waals surface area contributed by atoms with Crippen LogP contribution in [0.15, 0.2) is 54.6 Å². The number of β-amino-alcohol motifs (C(OH)–C–C–N with tert-alkyl or cyclic N) is 1. The van der Waals surface area contributed by atoms with E-state index in [-0.39, 0.29) is 29.6 Å². The maximum atomic E-state index is 12.6. The van der Waals surface area contributed by atoms with Crippen molar-refractivity contribution in [2.45, 2.75) is 6.42 Å². The van der Waals surface area contributed by atoms with E-state index in [9.17, 15) is 15.2 Å². The highest BCUT2D eigenvalue weighted by molar-refractivity contribution is 5.92. The Morgan fingerprint density at radius 1 is 1.03 bits per heavy atom. The molecule has 5 N–H and O–H groups in total. The van der Waals surface area contributed by atoms with Gasteiger partial charge in [0.1, 0.15) is 23.2 Å². The first kappa shape index (κ1) is 25.1. The smallest absolute Gasteiger partial charge is 0.225 e. The van der Waals surface area contributed by atoms with Gasteiger partial charge in [-0.2, -0.15) is 5.26 Å². The van der Waals surface area contributed by atoms with E-state index in [1.807, 2.05) is 12.1 Å². The number of benzene rings is 2. The summed E-state index contributed by atoms with van der Waals surface area (Å²) in [6.07, 6.45) is 0.368. The van der Waals surface area contributed by atoms with Crippen molar-refractivity contribution in [3.8, 4) is 34.2 Å². The van der Waals surface area contributed by atoms with Gasteiger partial charge in [-0.05, 0) is 35.9 Å². The van der Waals surface area contributed by atoms with Gasteiger partial charge >= 0.3 is 0 Å². The monoisotopic (exact) mass is 486 g/mol. The molecule has 0 bridgehead atoms. The van der Waals surface area contributed by atoms with Crippen LogP contribution in [0.4, 0.5) is 11.5 Å². The predicted molar refractivity (Wildman–Crippen MR) is 139 cm³/mol. The number of para-hydroxylation sites is 1. The summed E-state index contributed by atoms with van der Waals surface area (Å²) in [6, 6.07) is 17.9. The number of aromatic hydroxyl groups is 1. The zero-order valence-corrected chi connectivity index (χ0v) is 20.0. The number of phenols is 1. The second-order valence-corrected chi connectivity index (χ2v) is 8.73. The molecule has 0 unspecified atom stereocenters. The third kappa shape index (κ3) is 5.98. The Bertz CT molecular complexity index is 1260. The van der Waals surface area contributed by atoms with Gasteiger partial charge in [-0.15, -0.1) is 0 Å². The molecule has 0 atom stereocenters. The van der Waals surface area contributed by atoms with Gasteiger partial charge in [-0.25, -0.2) is 4.98 Å². The van der Waals surface area contributed by atoms with E-state index in [4.69, 9.17) is 10.8 Å². The third-order valence-electron chi connectivity index (χ3n) is 6.33. The molecule has 3 aromatic rings. The van der Waals surface area contributed by atoms with Crippen LogP contribution in [0.2, 0.25) is 0 Å². The van der Waals surface area contributed by atoms with Crippen molar-refractivity contribution in [3.05, 3.63) is 60.2 Å². The summed E-state index contributed by atoms with van der Waals surface area (Å²) in [7, 11) is 0. The van der Waals surface area contributed by atoms with Crippen LogP contribution in [0.1, 0.15) is 12.0 Å². The molecule has 1 saturated heterocycles. The SMILES string of the molecule is N#Cc1c(-c2cccc(NC(=O)CCN3CCN(CCO)CC3)c2)cc(-c2ccccc2O)nc1N. The van der Waals surface area contributed by atoms with E-state index < -0.39 is 0 Å². The normalized spacial score (nSPS) is 14.3. The predicted octanol–water partition coefficient (Wildman–Crippen LogP) is 2.51. The molecular weight excluding hydrogens is 456 g/mol. The molecule has 186 valence electrons. The fraction of sp³-hybridized carbons (Fsp3) is 0.296. The minimum atomic E-state index is -0.0883. The van der Waals surface area contributed by atoms with Gasteiger partial charge in [-0.1, -0.05) is 24.3 Å². The topological polar surface area (TPSA) is 139 Å². The fourth-order valence-electron chi connectivity index (χ4n) is 4.36. The van der Waals surface area contributed by atoms with Crippen molar-refractivity contribution in [1.82, 2.24) is 14.8 Å². The number of rotatable bonds is 8. The average molecular weight is 487 g/mol. The number of piperazine rings is 1. The number of nitrogens with one attached hydrogen (secondary N) is 1. The largest absolute Gasteiger partial charge is 0.507 e. The van der Waals surface area contributed by atoms with E-state index in [1.54, 1.807) is 42.5 Å². The molecule has 0 spiro atoms. The summed E-state index contributed by atoms with van der Waals surface area (Å²) >= 11 is 0. The van der Waals surface area contributed by atoms with Gasteiger partial charge in [0, 0.05) is 62.5 Å². The minimum absolute atomic E-state index is 0.0656. The molecule has 1 aliphatic rings. The van der Waals surface area contributed by atoms with Crippen LogP contribution >= 0.6 is 0 Å². The van der Waals surface area contributed by atoms with E-state index in [0.717, 1.165) is 26.2 Å². The molecule has 4 rings (SSSR count). The number of anilines is 2. The summed E-state index contributed by atoms with van der Waals surface area (Å²) in [6.45, 7) is 5.06. The number of nitrogen functional groups attached to an aromatic ring is 1. The first-order valence-electron chi connectivity index (χ1n) is 11.9. The molecule has 9 nitrogen and oxygen atoms in total.